The molecule has 2 aromatic rings. The molecule has 6 N–H and O–H groups in total. The molecule has 0 aliphatic heterocycles. The topological polar surface area (TPSA) is 164 Å². The van der Waals surface area contributed by atoms with Crippen LogP contribution < -0.4 is 16.4 Å². The fourth-order valence-corrected chi connectivity index (χ4v) is 2.94. The maximum Gasteiger partial charge on any atom is 0.325 e. The summed E-state index contributed by atoms with van der Waals surface area (Å²) in [6.45, 7) is 1.37. The van der Waals surface area contributed by atoms with Crippen LogP contribution in [0.4, 0.5) is 4.79 Å². The minimum absolute atomic E-state index is 0.169. The van der Waals surface area contributed by atoms with Crippen LogP contribution in [-0.2, 0) is 11.2 Å². The van der Waals surface area contributed by atoms with Crippen molar-refractivity contribution < 1.29 is 24.3 Å². The van der Waals surface area contributed by atoms with Crippen molar-refractivity contribution in [2.45, 2.75) is 37.9 Å². The number of benzene rings is 1. The number of aromatic hydroxyl groups is 1. The second-order valence-electron chi connectivity index (χ2n) is 6.48. The van der Waals surface area contributed by atoms with Crippen molar-refractivity contribution in [3.8, 4) is 5.75 Å². The number of aromatic nitrogens is 2. The molecule has 0 aliphatic rings. The Labute approximate surface area is 172 Å². The van der Waals surface area contributed by atoms with Gasteiger partial charge in [0.15, 0.2) is 5.82 Å². The molecular formula is C18H25N5O5S. The first kappa shape index (κ1) is 22.5. The summed E-state index contributed by atoms with van der Waals surface area (Å²) in [5.41, 5.74) is 7.07. The number of hydrogen-bond acceptors (Lipinski definition) is 8. The Kier molecular flexibility index (Phi) is 8.28. The van der Waals surface area contributed by atoms with Crippen molar-refractivity contribution in [1.82, 2.24) is 20.8 Å². The first-order valence-corrected chi connectivity index (χ1v) is 10.3. The predicted molar refractivity (Wildman–Crippen MR) is 108 cm³/mol. The number of carboxylic acid groups (broad SMARTS) is 1. The van der Waals surface area contributed by atoms with Gasteiger partial charge >= 0.3 is 12.0 Å². The van der Waals surface area contributed by atoms with Crippen molar-refractivity contribution in [3.63, 3.8) is 0 Å². The van der Waals surface area contributed by atoms with Gasteiger partial charge in [-0.25, -0.2) is 4.79 Å². The van der Waals surface area contributed by atoms with Crippen molar-refractivity contribution >= 4 is 23.8 Å². The zero-order valence-electron chi connectivity index (χ0n) is 16.2. The Morgan fingerprint density at radius 1 is 1.28 bits per heavy atom. The summed E-state index contributed by atoms with van der Waals surface area (Å²) in [5, 5.41) is 27.2. The van der Waals surface area contributed by atoms with E-state index in [4.69, 9.17) is 15.4 Å². The number of hydrogen-bond donors (Lipinski definition) is 5. The van der Waals surface area contributed by atoms with E-state index in [1.807, 2.05) is 6.26 Å². The minimum Gasteiger partial charge on any atom is -0.508 e. The van der Waals surface area contributed by atoms with Crippen LogP contribution in [0.25, 0.3) is 0 Å². The third-order valence-corrected chi connectivity index (χ3v) is 4.76. The second kappa shape index (κ2) is 10.7. The van der Waals surface area contributed by atoms with Crippen LogP contribution in [-0.4, -0.2) is 50.4 Å². The molecule has 2 rings (SSSR count). The maximum absolute atomic E-state index is 12.1. The van der Waals surface area contributed by atoms with Crippen LogP contribution in [0.3, 0.4) is 0 Å². The molecule has 0 aliphatic carbocycles. The van der Waals surface area contributed by atoms with Gasteiger partial charge in [0.05, 0.1) is 6.04 Å². The lowest BCUT2D eigenvalue weighted by molar-refractivity contribution is -0.138. The summed E-state index contributed by atoms with van der Waals surface area (Å²) in [7, 11) is 0. The number of thioether (sulfide) groups is 1. The Morgan fingerprint density at radius 3 is 2.59 bits per heavy atom. The molecule has 0 unspecified atom stereocenters. The third-order valence-electron chi connectivity index (χ3n) is 4.11. The minimum atomic E-state index is -1.14. The molecule has 1 aromatic heterocycles. The van der Waals surface area contributed by atoms with Crippen LogP contribution in [0.5, 0.6) is 5.75 Å². The number of urea groups is 1. The highest BCUT2D eigenvalue weighted by molar-refractivity contribution is 7.98. The molecule has 2 amide bonds. The van der Waals surface area contributed by atoms with Crippen molar-refractivity contribution in [1.29, 1.82) is 0 Å². The zero-order chi connectivity index (χ0) is 21.4. The summed E-state index contributed by atoms with van der Waals surface area (Å²) >= 11 is 1.59. The predicted octanol–water partition coefficient (Wildman–Crippen LogP) is 1.58. The summed E-state index contributed by atoms with van der Waals surface area (Å²) in [6.07, 6.45) is 2.89. The molecule has 1 heterocycles. The zero-order valence-corrected chi connectivity index (χ0v) is 17.0. The SMILES string of the molecule is CSCC[C@H](NC(=O)N[C@@H](C)C(=O)O)c1nc([C@@H](N)Cc2ccc(O)cc2)no1. The highest BCUT2D eigenvalue weighted by Crippen LogP contribution is 2.21. The number of carboxylic acids is 1. The number of nitrogens with zero attached hydrogens (tertiary/aromatic N) is 2. The monoisotopic (exact) mass is 423 g/mol. The van der Waals surface area contributed by atoms with Crippen molar-refractivity contribution in [2.24, 2.45) is 5.73 Å². The standard InChI is InChI=1S/C18H25N5O5S/c1-10(17(25)26)20-18(27)21-14(7-8-29-2)16-22-15(23-28-16)13(19)9-11-3-5-12(24)6-4-11/h3-6,10,13-14,24H,7-9,19H2,1-2H3,(H,25,26)(H2,20,21,27)/t10-,13-,14-/m0/s1. The van der Waals surface area contributed by atoms with Crippen LogP contribution >= 0.6 is 11.8 Å². The number of phenols is 1. The van der Waals surface area contributed by atoms with E-state index in [2.05, 4.69) is 20.8 Å². The maximum atomic E-state index is 12.1. The van der Waals surface area contributed by atoms with E-state index in [9.17, 15) is 14.7 Å². The fourth-order valence-electron chi connectivity index (χ4n) is 2.47. The summed E-state index contributed by atoms with van der Waals surface area (Å²) < 4.78 is 5.31. The molecule has 29 heavy (non-hydrogen) atoms. The van der Waals surface area contributed by atoms with E-state index in [0.29, 0.717) is 18.7 Å². The Balaban J connectivity index is 2.05. The highest BCUT2D eigenvalue weighted by Gasteiger charge is 2.24. The van der Waals surface area contributed by atoms with Crippen LogP contribution in [0.1, 0.15) is 42.7 Å². The van der Waals surface area contributed by atoms with Gasteiger partial charge in [-0.15, -0.1) is 0 Å². The molecule has 0 spiro atoms. The molecule has 3 atom stereocenters. The van der Waals surface area contributed by atoms with Gasteiger partial charge in [-0.1, -0.05) is 17.3 Å². The molecule has 0 radical (unpaired) electrons. The van der Waals surface area contributed by atoms with Gasteiger partial charge in [0.25, 0.3) is 0 Å². The number of nitrogens with two attached hydrogens (primary N) is 1. The van der Waals surface area contributed by atoms with Gasteiger partial charge in [-0.3, -0.25) is 4.79 Å². The van der Waals surface area contributed by atoms with Gasteiger partial charge in [0.2, 0.25) is 5.89 Å². The number of carbonyl (C=O) groups is 2. The highest BCUT2D eigenvalue weighted by atomic mass is 32.2. The van der Waals surface area contributed by atoms with Crippen LogP contribution in [0, 0.1) is 0 Å². The first-order valence-electron chi connectivity index (χ1n) is 8.96. The number of carbonyl (C=O) groups excluding carboxylic acids is 1. The number of phenolic OH excluding ortho intramolecular Hbond substituents is 1. The van der Waals surface area contributed by atoms with Crippen LogP contribution in [0.2, 0.25) is 0 Å². The van der Waals surface area contributed by atoms with Crippen molar-refractivity contribution in [3.05, 3.63) is 41.5 Å². The van der Waals surface area contributed by atoms with Gasteiger partial charge in [0.1, 0.15) is 17.8 Å². The largest absolute Gasteiger partial charge is 0.508 e. The normalized spacial score (nSPS) is 14.0. The molecule has 1 aromatic carbocycles. The van der Waals surface area contributed by atoms with Crippen molar-refractivity contribution in [2.75, 3.05) is 12.0 Å². The number of nitrogens with one attached hydrogen (secondary N) is 2. The van der Waals surface area contributed by atoms with E-state index in [1.54, 1.807) is 36.0 Å². The number of amides is 2. The van der Waals surface area contributed by atoms with E-state index < -0.39 is 30.1 Å². The van der Waals surface area contributed by atoms with E-state index in [0.717, 1.165) is 11.3 Å². The lowest BCUT2D eigenvalue weighted by atomic mass is 10.1. The molecular weight excluding hydrogens is 398 g/mol. The third kappa shape index (κ3) is 6.95. The molecule has 0 fully saturated rings. The first-order chi connectivity index (χ1) is 13.8. The molecule has 10 nitrogen and oxygen atoms in total. The van der Waals surface area contributed by atoms with E-state index in [-0.39, 0.29) is 11.6 Å². The van der Waals surface area contributed by atoms with Gasteiger partial charge in [0, 0.05) is 0 Å². The Morgan fingerprint density at radius 2 is 1.97 bits per heavy atom. The summed E-state index contributed by atoms with van der Waals surface area (Å²) in [4.78, 5) is 27.3. The lowest BCUT2D eigenvalue weighted by Gasteiger charge is -2.16. The average molecular weight is 423 g/mol. The lowest BCUT2D eigenvalue weighted by Crippen LogP contribution is -2.45. The number of rotatable bonds is 10. The van der Waals surface area contributed by atoms with E-state index >= 15 is 0 Å². The quantitative estimate of drug-likeness (QED) is 0.381. The molecule has 0 saturated carbocycles. The molecule has 158 valence electrons. The number of aliphatic carboxylic acids is 1. The Bertz CT molecular complexity index is 813. The second-order valence-corrected chi connectivity index (χ2v) is 7.47. The fraction of sp³-hybridized carbons (Fsp3) is 0.444. The summed E-state index contributed by atoms with van der Waals surface area (Å²) in [6, 6.07) is 3.88. The average Bonchev–Trinajstić information content (AvgIpc) is 3.17. The summed E-state index contributed by atoms with van der Waals surface area (Å²) in [5.74, 6) is 0.247. The van der Waals surface area contributed by atoms with E-state index in [1.165, 1.54) is 6.92 Å². The van der Waals surface area contributed by atoms with Gasteiger partial charge in [-0.05, 0) is 49.5 Å². The molecule has 0 bridgehead atoms. The molecule has 11 heteroatoms. The van der Waals surface area contributed by atoms with Crippen LogP contribution in [0.15, 0.2) is 28.8 Å². The van der Waals surface area contributed by atoms with Gasteiger partial charge < -0.3 is 31.1 Å². The smallest absolute Gasteiger partial charge is 0.325 e. The van der Waals surface area contributed by atoms with Gasteiger partial charge in [-0.2, -0.15) is 16.7 Å². The molecule has 0 saturated heterocycles. The Hall–Kier alpha value is -2.79.